The van der Waals surface area contributed by atoms with E-state index in [9.17, 15) is 0 Å². The number of hydrogen-bond donors (Lipinski definition) is 2. The van der Waals surface area contributed by atoms with E-state index < -0.39 is 0 Å². The molecule has 68 valence electrons. The topological polar surface area (TPSA) is 45.4 Å². The Bertz CT molecular complexity index is 206. The molecule has 0 radical (unpaired) electrons. The highest BCUT2D eigenvalue weighted by molar-refractivity contribution is 5.04. The fourth-order valence-corrected chi connectivity index (χ4v) is 1.12. The van der Waals surface area contributed by atoms with Crippen LogP contribution in [0.5, 0.6) is 0 Å². The monoisotopic (exact) mass is 169 g/mol. The van der Waals surface area contributed by atoms with E-state index in [-0.39, 0.29) is 12.6 Å². The van der Waals surface area contributed by atoms with Gasteiger partial charge < -0.3 is 14.8 Å². The average Bonchev–Trinajstić information content (AvgIpc) is 2.51. The summed E-state index contributed by atoms with van der Waals surface area (Å²) in [4.78, 5) is 0. The third-order valence-corrected chi connectivity index (χ3v) is 1.60. The van der Waals surface area contributed by atoms with Gasteiger partial charge in [0.1, 0.15) is 5.76 Å². The molecule has 0 spiro atoms. The highest BCUT2D eigenvalue weighted by Crippen LogP contribution is 2.12. The minimum atomic E-state index is -0.0833. The van der Waals surface area contributed by atoms with Gasteiger partial charge in [-0.05, 0) is 12.1 Å². The number of nitrogens with one attached hydrogen (secondary N) is 1. The van der Waals surface area contributed by atoms with Crippen molar-refractivity contribution in [2.75, 3.05) is 6.61 Å². The molecule has 3 heteroatoms. The first-order valence-electron chi connectivity index (χ1n) is 4.14. The molecule has 0 fully saturated rings. The summed E-state index contributed by atoms with van der Waals surface area (Å²) in [5.41, 5.74) is 0. The Morgan fingerprint density at radius 3 is 2.75 bits per heavy atom. The van der Waals surface area contributed by atoms with Crippen LogP contribution in [0.15, 0.2) is 22.8 Å². The van der Waals surface area contributed by atoms with E-state index in [1.165, 1.54) is 0 Å². The van der Waals surface area contributed by atoms with Crippen LogP contribution in [-0.4, -0.2) is 17.8 Å². The van der Waals surface area contributed by atoms with E-state index >= 15 is 0 Å². The van der Waals surface area contributed by atoms with E-state index in [2.05, 4.69) is 5.32 Å². The molecule has 1 aromatic heterocycles. The van der Waals surface area contributed by atoms with Gasteiger partial charge in [0.2, 0.25) is 0 Å². The molecule has 1 atom stereocenters. The molecule has 0 aliphatic heterocycles. The zero-order valence-electron chi connectivity index (χ0n) is 7.45. The maximum atomic E-state index is 9.02. The Kier molecular flexibility index (Phi) is 3.31. The molecule has 2 N–H and O–H groups in total. The lowest BCUT2D eigenvalue weighted by molar-refractivity contribution is 0.219. The van der Waals surface area contributed by atoms with Gasteiger partial charge in [0.15, 0.2) is 0 Å². The van der Waals surface area contributed by atoms with Gasteiger partial charge in [0, 0.05) is 6.04 Å². The zero-order chi connectivity index (χ0) is 8.97. The summed E-state index contributed by atoms with van der Waals surface area (Å²) in [5, 5.41) is 12.2. The van der Waals surface area contributed by atoms with E-state index in [1.54, 1.807) is 6.26 Å². The summed E-state index contributed by atoms with van der Waals surface area (Å²) in [6.07, 6.45) is 1.61. The highest BCUT2D eigenvalue weighted by Gasteiger charge is 2.12. The number of hydrogen-bond acceptors (Lipinski definition) is 3. The predicted molar refractivity (Wildman–Crippen MR) is 46.8 cm³/mol. The van der Waals surface area contributed by atoms with Gasteiger partial charge in [0.25, 0.3) is 0 Å². The van der Waals surface area contributed by atoms with Crippen molar-refractivity contribution in [1.29, 1.82) is 0 Å². The molecule has 0 aliphatic carbocycles. The molecule has 0 bridgehead atoms. The second kappa shape index (κ2) is 4.28. The zero-order valence-corrected chi connectivity index (χ0v) is 7.45. The molecular weight excluding hydrogens is 154 g/mol. The third-order valence-electron chi connectivity index (χ3n) is 1.60. The van der Waals surface area contributed by atoms with E-state index in [4.69, 9.17) is 9.52 Å². The Balaban J connectivity index is 2.57. The molecule has 3 nitrogen and oxygen atoms in total. The first-order valence-corrected chi connectivity index (χ1v) is 4.14. The molecule has 1 heterocycles. The lowest BCUT2D eigenvalue weighted by Gasteiger charge is -2.16. The van der Waals surface area contributed by atoms with Crippen LogP contribution < -0.4 is 5.32 Å². The minimum Gasteiger partial charge on any atom is -0.468 e. The highest BCUT2D eigenvalue weighted by atomic mass is 16.3. The number of aliphatic hydroxyl groups is 1. The summed E-state index contributed by atoms with van der Waals surface area (Å²) in [5.74, 6) is 0.784. The van der Waals surface area contributed by atoms with Crippen LogP contribution in [0.3, 0.4) is 0 Å². The van der Waals surface area contributed by atoms with Crippen LogP contribution in [0.1, 0.15) is 25.6 Å². The van der Waals surface area contributed by atoms with Crippen LogP contribution in [-0.2, 0) is 0 Å². The fraction of sp³-hybridized carbons (Fsp3) is 0.556. The lowest BCUT2D eigenvalue weighted by atomic mass is 10.2. The van der Waals surface area contributed by atoms with E-state index in [0.29, 0.717) is 6.04 Å². The molecule has 1 unspecified atom stereocenters. The van der Waals surface area contributed by atoms with Crippen molar-refractivity contribution in [2.45, 2.75) is 25.9 Å². The standard InChI is InChI=1S/C9H15NO2/c1-7(2)10-8(6-11)9-4-3-5-12-9/h3-5,7-8,10-11H,6H2,1-2H3. The Labute approximate surface area is 72.4 Å². The Hall–Kier alpha value is -0.800. The number of furan rings is 1. The summed E-state index contributed by atoms with van der Waals surface area (Å²) >= 11 is 0. The quantitative estimate of drug-likeness (QED) is 0.714. The summed E-state index contributed by atoms with van der Waals surface area (Å²) < 4.78 is 5.16. The fourth-order valence-electron chi connectivity index (χ4n) is 1.12. The smallest absolute Gasteiger partial charge is 0.123 e. The van der Waals surface area contributed by atoms with Gasteiger partial charge in [-0.1, -0.05) is 13.8 Å². The SMILES string of the molecule is CC(C)NC(CO)c1ccco1. The van der Waals surface area contributed by atoms with Crippen molar-refractivity contribution >= 4 is 0 Å². The second-order valence-corrected chi connectivity index (χ2v) is 3.07. The van der Waals surface area contributed by atoms with Crippen molar-refractivity contribution in [3.63, 3.8) is 0 Å². The first kappa shape index (κ1) is 9.29. The summed E-state index contributed by atoms with van der Waals surface area (Å²) in [6, 6.07) is 3.93. The average molecular weight is 169 g/mol. The second-order valence-electron chi connectivity index (χ2n) is 3.07. The van der Waals surface area contributed by atoms with Crippen molar-refractivity contribution in [1.82, 2.24) is 5.32 Å². The Morgan fingerprint density at radius 2 is 2.33 bits per heavy atom. The molecule has 1 rings (SSSR count). The maximum absolute atomic E-state index is 9.02. The lowest BCUT2D eigenvalue weighted by Crippen LogP contribution is -2.30. The molecule has 0 amide bonds. The molecule has 0 aliphatic rings. The molecular formula is C9H15NO2. The number of aliphatic hydroxyl groups excluding tert-OH is 1. The Morgan fingerprint density at radius 1 is 1.58 bits per heavy atom. The molecule has 12 heavy (non-hydrogen) atoms. The minimum absolute atomic E-state index is 0.0612. The third kappa shape index (κ3) is 2.36. The molecule has 0 saturated heterocycles. The maximum Gasteiger partial charge on any atom is 0.123 e. The van der Waals surface area contributed by atoms with Crippen molar-refractivity contribution in [3.8, 4) is 0 Å². The first-order chi connectivity index (χ1) is 5.74. The van der Waals surface area contributed by atoms with Crippen LogP contribution in [0.4, 0.5) is 0 Å². The van der Waals surface area contributed by atoms with E-state index in [0.717, 1.165) is 5.76 Å². The normalized spacial score (nSPS) is 13.7. The van der Waals surface area contributed by atoms with Gasteiger partial charge in [0.05, 0.1) is 18.9 Å². The number of rotatable bonds is 4. The molecule has 0 aromatic carbocycles. The van der Waals surface area contributed by atoms with Crippen LogP contribution >= 0.6 is 0 Å². The van der Waals surface area contributed by atoms with Gasteiger partial charge in [-0.15, -0.1) is 0 Å². The van der Waals surface area contributed by atoms with Crippen LogP contribution in [0, 0.1) is 0 Å². The summed E-state index contributed by atoms with van der Waals surface area (Å²) in [6.45, 7) is 4.13. The van der Waals surface area contributed by atoms with Crippen molar-refractivity contribution in [2.24, 2.45) is 0 Å². The largest absolute Gasteiger partial charge is 0.468 e. The predicted octanol–water partition coefficient (Wildman–Crippen LogP) is 1.31. The van der Waals surface area contributed by atoms with Crippen molar-refractivity contribution < 1.29 is 9.52 Å². The van der Waals surface area contributed by atoms with Gasteiger partial charge >= 0.3 is 0 Å². The van der Waals surface area contributed by atoms with E-state index in [1.807, 2.05) is 26.0 Å². The summed E-state index contributed by atoms with van der Waals surface area (Å²) in [7, 11) is 0. The van der Waals surface area contributed by atoms with Crippen molar-refractivity contribution in [3.05, 3.63) is 24.2 Å². The van der Waals surface area contributed by atoms with Gasteiger partial charge in [-0.2, -0.15) is 0 Å². The van der Waals surface area contributed by atoms with Gasteiger partial charge in [-0.3, -0.25) is 0 Å². The van der Waals surface area contributed by atoms with Gasteiger partial charge in [-0.25, -0.2) is 0 Å². The van der Waals surface area contributed by atoms with Crippen LogP contribution in [0.25, 0.3) is 0 Å². The molecule has 1 aromatic rings. The molecule has 0 saturated carbocycles. The van der Waals surface area contributed by atoms with Crippen LogP contribution in [0.2, 0.25) is 0 Å².